The van der Waals surface area contributed by atoms with Crippen molar-refractivity contribution >= 4 is 11.6 Å². The molecule has 0 heterocycles. The van der Waals surface area contributed by atoms with E-state index in [9.17, 15) is 0 Å². The van der Waals surface area contributed by atoms with Gasteiger partial charge >= 0.3 is 0 Å². The molecule has 0 saturated heterocycles. The van der Waals surface area contributed by atoms with Crippen molar-refractivity contribution in [1.29, 1.82) is 0 Å². The molecule has 0 amide bonds. The van der Waals surface area contributed by atoms with E-state index in [0.29, 0.717) is 6.54 Å². The third-order valence-corrected chi connectivity index (χ3v) is 3.88. The maximum Gasteiger partial charge on any atom is 0.0451 e. The second kappa shape index (κ2) is 6.39. The molecule has 1 aromatic rings. The number of hydrogen-bond acceptors (Lipinski definition) is 2. The molecular formula is C14H23ClN2. The highest BCUT2D eigenvalue weighted by Crippen LogP contribution is 2.23. The van der Waals surface area contributed by atoms with Gasteiger partial charge in [0.15, 0.2) is 0 Å². The highest BCUT2D eigenvalue weighted by Gasteiger charge is 2.26. The third-order valence-electron chi connectivity index (χ3n) is 3.52. The quantitative estimate of drug-likeness (QED) is 0.844. The predicted molar refractivity (Wildman–Crippen MR) is 75.3 cm³/mol. The highest BCUT2D eigenvalue weighted by atomic mass is 35.5. The Morgan fingerprint density at radius 2 is 2.00 bits per heavy atom. The van der Waals surface area contributed by atoms with Gasteiger partial charge in [-0.2, -0.15) is 0 Å². The minimum absolute atomic E-state index is 0.0495. The van der Waals surface area contributed by atoms with Crippen molar-refractivity contribution in [2.24, 2.45) is 5.73 Å². The summed E-state index contributed by atoms with van der Waals surface area (Å²) in [5.74, 6) is 0. The summed E-state index contributed by atoms with van der Waals surface area (Å²) in [7, 11) is 2.12. The van der Waals surface area contributed by atoms with Gasteiger partial charge in [0, 0.05) is 23.7 Å². The van der Waals surface area contributed by atoms with Gasteiger partial charge in [-0.1, -0.05) is 43.1 Å². The Morgan fingerprint density at radius 3 is 2.53 bits per heavy atom. The summed E-state index contributed by atoms with van der Waals surface area (Å²) in [6.45, 7) is 5.92. The molecule has 0 spiro atoms. The average molecular weight is 255 g/mol. The minimum Gasteiger partial charge on any atom is -0.329 e. The summed E-state index contributed by atoms with van der Waals surface area (Å²) in [5.41, 5.74) is 7.12. The zero-order valence-electron chi connectivity index (χ0n) is 11.0. The number of rotatable bonds is 6. The molecule has 0 saturated carbocycles. The monoisotopic (exact) mass is 254 g/mol. The predicted octanol–water partition coefficient (Wildman–Crippen LogP) is 3.29. The molecule has 1 aromatic carbocycles. The second-order valence-electron chi connectivity index (χ2n) is 4.90. The van der Waals surface area contributed by atoms with Crippen LogP contribution >= 0.6 is 11.6 Å². The van der Waals surface area contributed by atoms with E-state index in [-0.39, 0.29) is 5.54 Å². The summed E-state index contributed by atoms with van der Waals surface area (Å²) in [6.07, 6.45) is 2.24. The normalized spacial score (nSPS) is 14.9. The number of likely N-dealkylation sites (N-methyl/N-ethyl adjacent to an activating group) is 1. The van der Waals surface area contributed by atoms with Gasteiger partial charge in [-0.25, -0.2) is 0 Å². The van der Waals surface area contributed by atoms with Crippen LogP contribution < -0.4 is 5.73 Å². The molecule has 0 aliphatic rings. The maximum absolute atomic E-state index is 6.18. The molecule has 2 N–H and O–H groups in total. The molecule has 96 valence electrons. The van der Waals surface area contributed by atoms with Gasteiger partial charge in [0.25, 0.3) is 0 Å². The average Bonchev–Trinajstić information content (AvgIpc) is 2.32. The lowest BCUT2D eigenvalue weighted by atomic mass is 9.94. The first-order valence-electron chi connectivity index (χ1n) is 6.18. The molecule has 0 radical (unpaired) electrons. The largest absolute Gasteiger partial charge is 0.329 e. The van der Waals surface area contributed by atoms with Crippen LogP contribution in [-0.2, 0) is 6.54 Å². The summed E-state index contributed by atoms with van der Waals surface area (Å²) < 4.78 is 0. The molecular weight excluding hydrogens is 232 g/mol. The number of benzene rings is 1. The molecule has 1 atom stereocenters. The molecule has 2 nitrogen and oxygen atoms in total. The van der Waals surface area contributed by atoms with E-state index in [1.54, 1.807) is 0 Å². The van der Waals surface area contributed by atoms with Crippen LogP contribution in [0.5, 0.6) is 0 Å². The molecule has 0 aromatic heterocycles. The summed E-state index contributed by atoms with van der Waals surface area (Å²) in [4.78, 5) is 2.30. The number of halogens is 1. The maximum atomic E-state index is 6.18. The highest BCUT2D eigenvalue weighted by molar-refractivity contribution is 6.31. The van der Waals surface area contributed by atoms with Gasteiger partial charge in [-0.15, -0.1) is 0 Å². The van der Waals surface area contributed by atoms with Crippen LogP contribution in [0.4, 0.5) is 0 Å². The van der Waals surface area contributed by atoms with Gasteiger partial charge in [0.2, 0.25) is 0 Å². The lowest BCUT2D eigenvalue weighted by Crippen LogP contribution is -2.49. The van der Waals surface area contributed by atoms with Crippen molar-refractivity contribution < 1.29 is 0 Å². The minimum atomic E-state index is 0.0495. The fourth-order valence-corrected chi connectivity index (χ4v) is 2.26. The van der Waals surface area contributed by atoms with Gasteiger partial charge in [0.1, 0.15) is 0 Å². The van der Waals surface area contributed by atoms with Crippen LogP contribution in [0, 0.1) is 0 Å². The molecule has 0 fully saturated rings. The lowest BCUT2D eigenvalue weighted by Gasteiger charge is -2.38. The van der Waals surface area contributed by atoms with Crippen LogP contribution in [0.15, 0.2) is 24.3 Å². The van der Waals surface area contributed by atoms with E-state index in [1.165, 1.54) is 0 Å². The third kappa shape index (κ3) is 3.70. The molecule has 1 rings (SSSR count). The van der Waals surface area contributed by atoms with Crippen molar-refractivity contribution in [3.63, 3.8) is 0 Å². The first-order chi connectivity index (χ1) is 8.03. The van der Waals surface area contributed by atoms with Gasteiger partial charge in [-0.3, -0.25) is 4.90 Å². The zero-order valence-corrected chi connectivity index (χ0v) is 11.8. The van der Waals surface area contributed by atoms with E-state index in [1.807, 2.05) is 18.2 Å². The SMILES string of the molecule is CCCC(C)(CN)N(C)Cc1ccccc1Cl. The van der Waals surface area contributed by atoms with Crippen LogP contribution in [-0.4, -0.2) is 24.0 Å². The first kappa shape index (κ1) is 14.5. The number of nitrogens with zero attached hydrogens (tertiary/aromatic N) is 1. The molecule has 1 unspecified atom stereocenters. The summed E-state index contributed by atoms with van der Waals surface area (Å²) >= 11 is 6.18. The summed E-state index contributed by atoms with van der Waals surface area (Å²) in [5, 5.41) is 0.829. The second-order valence-corrected chi connectivity index (χ2v) is 5.31. The fourth-order valence-electron chi connectivity index (χ4n) is 2.06. The Labute approximate surface area is 110 Å². The van der Waals surface area contributed by atoms with Crippen molar-refractivity contribution in [3.05, 3.63) is 34.9 Å². The van der Waals surface area contributed by atoms with Crippen molar-refractivity contribution in [2.75, 3.05) is 13.6 Å². The zero-order chi connectivity index (χ0) is 12.9. The van der Waals surface area contributed by atoms with Gasteiger partial charge in [0.05, 0.1) is 0 Å². The topological polar surface area (TPSA) is 29.3 Å². The van der Waals surface area contributed by atoms with E-state index >= 15 is 0 Å². The Bertz CT molecular complexity index is 354. The van der Waals surface area contributed by atoms with E-state index in [4.69, 9.17) is 17.3 Å². The smallest absolute Gasteiger partial charge is 0.0451 e. The molecule has 0 aliphatic heterocycles. The Kier molecular flexibility index (Phi) is 5.44. The van der Waals surface area contributed by atoms with Crippen molar-refractivity contribution in [2.45, 2.75) is 38.8 Å². The first-order valence-corrected chi connectivity index (χ1v) is 6.56. The van der Waals surface area contributed by atoms with E-state index < -0.39 is 0 Å². The fraction of sp³-hybridized carbons (Fsp3) is 0.571. The molecule has 0 aliphatic carbocycles. The Hall–Kier alpha value is -0.570. The molecule has 17 heavy (non-hydrogen) atoms. The van der Waals surface area contributed by atoms with Crippen LogP contribution in [0.2, 0.25) is 5.02 Å². The molecule has 3 heteroatoms. The van der Waals surface area contributed by atoms with Crippen molar-refractivity contribution in [3.8, 4) is 0 Å². The van der Waals surface area contributed by atoms with E-state index in [2.05, 4.69) is 31.9 Å². The van der Waals surface area contributed by atoms with Gasteiger partial charge < -0.3 is 5.73 Å². The van der Waals surface area contributed by atoms with E-state index in [0.717, 1.165) is 30.0 Å². The number of nitrogens with two attached hydrogens (primary N) is 1. The number of hydrogen-bond donors (Lipinski definition) is 1. The Balaban J connectivity index is 2.77. The molecule has 0 bridgehead atoms. The lowest BCUT2D eigenvalue weighted by molar-refractivity contribution is 0.125. The van der Waals surface area contributed by atoms with Crippen LogP contribution in [0.1, 0.15) is 32.3 Å². The van der Waals surface area contributed by atoms with Crippen molar-refractivity contribution in [1.82, 2.24) is 4.90 Å². The summed E-state index contributed by atoms with van der Waals surface area (Å²) in [6, 6.07) is 7.99. The van der Waals surface area contributed by atoms with Crippen LogP contribution in [0.25, 0.3) is 0 Å². The Morgan fingerprint density at radius 1 is 1.35 bits per heavy atom. The van der Waals surface area contributed by atoms with Crippen LogP contribution in [0.3, 0.4) is 0 Å². The standard InChI is InChI=1S/C14H23ClN2/c1-4-9-14(2,11-16)17(3)10-12-7-5-6-8-13(12)15/h5-8H,4,9-11,16H2,1-3H3. The van der Waals surface area contributed by atoms with Gasteiger partial charge in [-0.05, 0) is 32.0 Å².